The van der Waals surface area contributed by atoms with Gasteiger partial charge < -0.3 is 13.8 Å². The fourth-order valence-electron chi connectivity index (χ4n) is 7.16. The molecular weight excluding hydrogens is 493 g/mol. The summed E-state index contributed by atoms with van der Waals surface area (Å²) >= 11 is 0. The Bertz CT molecular complexity index is 1230. The van der Waals surface area contributed by atoms with Crippen LogP contribution in [-0.4, -0.2) is 49.5 Å². The Balaban J connectivity index is 1.14. The third kappa shape index (κ3) is 5.30. The second-order valence-electron chi connectivity index (χ2n) is 12.4. The van der Waals surface area contributed by atoms with Crippen molar-refractivity contribution >= 4 is 19.3 Å². The molecule has 3 aromatic rings. The van der Waals surface area contributed by atoms with Crippen molar-refractivity contribution in [1.82, 2.24) is 15.0 Å². The largest absolute Gasteiger partial charge is 0.543 e. The van der Waals surface area contributed by atoms with Gasteiger partial charge in [0.25, 0.3) is 8.32 Å². The van der Waals surface area contributed by atoms with Crippen LogP contribution in [0.25, 0.3) is 11.0 Å². The summed E-state index contributed by atoms with van der Waals surface area (Å²) in [6, 6.07) is 11.6. The van der Waals surface area contributed by atoms with Crippen molar-refractivity contribution in [3.05, 3.63) is 59.0 Å². The van der Waals surface area contributed by atoms with Crippen LogP contribution in [-0.2, 0) is 13.1 Å². The number of aromatic nitrogens is 1. The summed E-state index contributed by atoms with van der Waals surface area (Å²) in [5, 5.41) is 5.26. The van der Waals surface area contributed by atoms with Crippen molar-refractivity contribution < 1.29 is 13.3 Å². The molecule has 0 aliphatic carbocycles. The highest BCUT2D eigenvalue weighted by Gasteiger charge is 2.47. The predicted molar refractivity (Wildman–Crippen MR) is 155 cm³/mol. The van der Waals surface area contributed by atoms with Crippen molar-refractivity contribution in [3.8, 4) is 5.75 Å². The highest BCUT2D eigenvalue weighted by molar-refractivity contribution is 6.78. The molecular formula is C31H44FN3O2Si. The predicted octanol–water partition coefficient (Wildman–Crippen LogP) is 7.72. The zero-order valence-corrected chi connectivity index (χ0v) is 25.0. The second-order valence-corrected chi connectivity index (χ2v) is 17.8. The number of fused-ring (bicyclic) bond motifs is 2. The molecule has 5 nitrogen and oxygen atoms in total. The zero-order valence-electron chi connectivity index (χ0n) is 24.0. The van der Waals surface area contributed by atoms with E-state index in [1.807, 2.05) is 0 Å². The molecule has 1 saturated heterocycles. The van der Waals surface area contributed by atoms with Gasteiger partial charge in [0.1, 0.15) is 11.6 Å². The fourth-order valence-corrected chi connectivity index (χ4v) is 12.4. The minimum absolute atomic E-state index is 0.278. The van der Waals surface area contributed by atoms with Gasteiger partial charge in [0, 0.05) is 43.5 Å². The van der Waals surface area contributed by atoms with E-state index in [1.165, 1.54) is 23.3 Å². The summed E-state index contributed by atoms with van der Waals surface area (Å²) in [7, 11) is -1.95. The summed E-state index contributed by atoms with van der Waals surface area (Å²) < 4.78 is 25.9. The molecule has 0 atom stereocenters. The molecule has 0 unspecified atom stereocenters. The molecule has 1 aromatic heterocycles. The average molecular weight is 538 g/mol. The third-order valence-corrected chi connectivity index (χ3v) is 15.1. The van der Waals surface area contributed by atoms with Gasteiger partial charge in [0.15, 0.2) is 5.58 Å². The lowest BCUT2D eigenvalue weighted by Gasteiger charge is -2.42. The van der Waals surface area contributed by atoms with Gasteiger partial charge in [-0.2, -0.15) is 0 Å². The molecule has 0 saturated carbocycles. The molecule has 0 spiro atoms. The molecule has 7 heteroatoms. The van der Waals surface area contributed by atoms with Crippen molar-refractivity contribution in [2.75, 3.05) is 26.2 Å². The molecule has 0 radical (unpaired) electrons. The molecule has 0 N–H and O–H groups in total. The van der Waals surface area contributed by atoms with Gasteiger partial charge in [-0.3, -0.25) is 4.90 Å². The van der Waals surface area contributed by atoms with E-state index in [9.17, 15) is 4.39 Å². The lowest BCUT2D eigenvalue weighted by molar-refractivity contribution is 0.171. The number of rotatable bonds is 9. The molecule has 2 aliphatic heterocycles. The smallest absolute Gasteiger partial charge is 0.258 e. The lowest BCUT2D eigenvalue weighted by Crippen LogP contribution is -2.50. The lowest BCUT2D eigenvalue weighted by atomic mass is 9.91. The van der Waals surface area contributed by atoms with Gasteiger partial charge in [-0.1, -0.05) is 52.8 Å². The van der Waals surface area contributed by atoms with Crippen LogP contribution in [0.5, 0.6) is 5.75 Å². The first kappa shape index (κ1) is 27.3. The number of likely N-dealkylation sites (tertiary alicyclic amines) is 1. The van der Waals surface area contributed by atoms with E-state index >= 15 is 0 Å². The topological polar surface area (TPSA) is 41.7 Å². The average Bonchev–Trinajstić information content (AvgIpc) is 3.48. The van der Waals surface area contributed by atoms with Gasteiger partial charge in [0.2, 0.25) is 0 Å². The van der Waals surface area contributed by atoms with Crippen LogP contribution in [0.3, 0.4) is 0 Å². The molecule has 2 aromatic carbocycles. The maximum atomic E-state index is 13.5. The highest BCUT2D eigenvalue weighted by atomic mass is 28.4. The van der Waals surface area contributed by atoms with Crippen LogP contribution in [0.4, 0.5) is 4.39 Å². The number of piperidine rings is 1. The number of nitrogens with zero attached hydrogens (tertiary/aromatic N) is 3. The van der Waals surface area contributed by atoms with Gasteiger partial charge in [0.05, 0.1) is 5.69 Å². The first-order valence-corrected chi connectivity index (χ1v) is 16.6. The van der Waals surface area contributed by atoms with Gasteiger partial charge in [-0.05, 0) is 77.9 Å². The Labute approximate surface area is 228 Å². The maximum absolute atomic E-state index is 13.5. The number of hydrogen-bond donors (Lipinski definition) is 0. The Morgan fingerprint density at radius 2 is 1.55 bits per heavy atom. The molecule has 5 rings (SSSR count). The Hall–Kier alpha value is -2.22. The summed E-state index contributed by atoms with van der Waals surface area (Å²) in [6.45, 7) is 20.4. The van der Waals surface area contributed by atoms with Crippen LogP contribution >= 0.6 is 0 Å². The summed E-state index contributed by atoms with van der Waals surface area (Å²) in [6.07, 6.45) is 2.13. The molecule has 2 aliphatic rings. The van der Waals surface area contributed by atoms with E-state index in [-0.39, 0.29) is 5.82 Å². The summed E-state index contributed by atoms with van der Waals surface area (Å²) in [4.78, 5) is 5.14. The number of hydrogen-bond acceptors (Lipinski definition) is 5. The molecule has 1 fully saturated rings. The number of benzene rings is 2. The van der Waals surface area contributed by atoms with E-state index < -0.39 is 8.32 Å². The van der Waals surface area contributed by atoms with Crippen molar-refractivity contribution in [1.29, 1.82) is 0 Å². The highest BCUT2D eigenvalue weighted by Crippen LogP contribution is 2.43. The standard InChI is InChI=1S/C31H44FN3O2Si/c1-21(2)38(22(3)4,23(5)6)37-28-9-7-25-19-35(20-26(25)17-28)16-15-34-13-11-24(12-14-34)31-29-10-8-27(32)18-30(29)36-33-31/h7-10,17-18,21-24H,11-16,19-20H2,1-6H3. The van der Waals surface area contributed by atoms with E-state index in [0.717, 1.165) is 68.9 Å². The summed E-state index contributed by atoms with van der Waals surface area (Å²) in [5.41, 5.74) is 6.13. The normalized spacial score (nSPS) is 17.8. The van der Waals surface area contributed by atoms with E-state index in [0.29, 0.717) is 28.1 Å². The molecule has 0 amide bonds. The maximum Gasteiger partial charge on any atom is 0.258 e. The van der Waals surface area contributed by atoms with Gasteiger partial charge in [-0.15, -0.1) is 0 Å². The molecule has 206 valence electrons. The Morgan fingerprint density at radius 1 is 0.895 bits per heavy atom. The Kier molecular flexibility index (Phi) is 7.99. The Morgan fingerprint density at radius 3 is 2.24 bits per heavy atom. The third-order valence-electron chi connectivity index (χ3n) is 9.14. The SMILES string of the molecule is CC(C)[Si](Oc1ccc2c(c1)CN(CCN1CCC(c3noc4cc(F)ccc34)CC1)C2)(C(C)C)C(C)C. The van der Waals surface area contributed by atoms with Crippen LogP contribution in [0, 0.1) is 5.82 Å². The molecule has 3 heterocycles. The van der Waals surface area contributed by atoms with Gasteiger partial charge >= 0.3 is 0 Å². The van der Waals surface area contributed by atoms with Crippen LogP contribution < -0.4 is 4.43 Å². The van der Waals surface area contributed by atoms with Crippen molar-refractivity contribution in [2.45, 2.75) is 90.0 Å². The monoisotopic (exact) mass is 537 g/mol. The van der Waals surface area contributed by atoms with Crippen molar-refractivity contribution in [3.63, 3.8) is 0 Å². The van der Waals surface area contributed by atoms with E-state index in [2.05, 4.69) is 74.7 Å². The minimum atomic E-state index is -1.95. The van der Waals surface area contributed by atoms with Crippen LogP contribution in [0.2, 0.25) is 16.6 Å². The second kappa shape index (κ2) is 11.1. The van der Waals surface area contributed by atoms with Crippen LogP contribution in [0.1, 0.15) is 77.1 Å². The van der Waals surface area contributed by atoms with Crippen molar-refractivity contribution in [2.24, 2.45) is 0 Å². The van der Waals surface area contributed by atoms with Crippen LogP contribution in [0.15, 0.2) is 40.9 Å². The van der Waals surface area contributed by atoms with E-state index in [4.69, 9.17) is 8.95 Å². The van der Waals surface area contributed by atoms with Gasteiger partial charge in [-0.25, -0.2) is 4.39 Å². The fraction of sp³-hybridized carbons (Fsp3) is 0.581. The first-order chi connectivity index (χ1) is 18.2. The molecule has 0 bridgehead atoms. The zero-order chi connectivity index (χ0) is 27.0. The minimum Gasteiger partial charge on any atom is -0.543 e. The first-order valence-electron chi connectivity index (χ1n) is 14.5. The number of halogens is 1. The van der Waals surface area contributed by atoms with E-state index in [1.54, 1.807) is 6.07 Å². The summed E-state index contributed by atoms with van der Waals surface area (Å²) in [5.74, 6) is 1.17. The quantitative estimate of drug-likeness (QED) is 0.261. The molecule has 38 heavy (non-hydrogen) atoms.